The molecule has 144 valence electrons. The van der Waals surface area contributed by atoms with Gasteiger partial charge in [0.25, 0.3) is 0 Å². The second kappa shape index (κ2) is 7.82. The van der Waals surface area contributed by atoms with Crippen LogP contribution in [0.1, 0.15) is 37.1 Å². The third kappa shape index (κ3) is 4.57. The van der Waals surface area contributed by atoms with Crippen molar-refractivity contribution in [1.82, 2.24) is 0 Å². The summed E-state index contributed by atoms with van der Waals surface area (Å²) in [4.78, 5) is 0. The Bertz CT molecular complexity index is 590. The van der Waals surface area contributed by atoms with Gasteiger partial charge < -0.3 is 0 Å². The van der Waals surface area contributed by atoms with Crippen molar-refractivity contribution in [3.63, 3.8) is 0 Å². The number of hydrogen-bond acceptors (Lipinski definition) is 0. The quantitative estimate of drug-likeness (QED) is 0.254. The number of halogens is 10. The van der Waals surface area contributed by atoms with Crippen molar-refractivity contribution < 1.29 is 30.7 Å². The second-order valence-corrected chi connectivity index (χ2v) is 14.7. The lowest BCUT2D eigenvalue weighted by molar-refractivity contribution is -0.341. The Labute approximate surface area is 155 Å². The summed E-state index contributed by atoms with van der Waals surface area (Å²) >= 11 is 16.7. The minimum Gasteiger partial charge on any atom is -0.235 e. The average Bonchev–Trinajstić information content (AvgIpc) is 2.50. The largest absolute Gasteiger partial charge is 0.379 e. The maximum atomic E-state index is 13.2. The molecule has 0 nitrogen and oxygen atoms in total. The molecular weight excluding hydrogens is 436 g/mol. The molecule has 0 heterocycles. The Morgan fingerprint density at radius 3 is 1.96 bits per heavy atom. The van der Waals surface area contributed by atoms with E-state index in [2.05, 4.69) is 6.92 Å². The molecule has 0 radical (unpaired) electrons. The van der Waals surface area contributed by atoms with E-state index >= 15 is 0 Å². The molecule has 1 aromatic carbocycles. The molecule has 1 aliphatic rings. The van der Waals surface area contributed by atoms with E-state index in [1.165, 1.54) is 0 Å². The van der Waals surface area contributed by atoms with Gasteiger partial charge in [0, 0.05) is 11.1 Å². The fraction of sp³-hybridized carbons (Fsp3) is 0.571. The molecule has 0 saturated heterocycles. The summed E-state index contributed by atoms with van der Waals surface area (Å²) < 4.78 is 91.5. The topological polar surface area (TPSA) is 0 Å². The Balaban J connectivity index is 0.000000333. The van der Waals surface area contributed by atoms with Gasteiger partial charge in [0.05, 0.1) is 0 Å². The van der Waals surface area contributed by atoms with Crippen LogP contribution in [0.3, 0.4) is 0 Å². The van der Waals surface area contributed by atoms with Crippen LogP contribution < -0.4 is 0 Å². The van der Waals surface area contributed by atoms with E-state index in [-0.39, 0.29) is 0 Å². The summed E-state index contributed by atoms with van der Waals surface area (Å²) in [5.41, 5.74) is -2.50. The van der Waals surface area contributed by atoms with Gasteiger partial charge >= 0.3 is 23.8 Å². The lowest BCUT2D eigenvalue weighted by Crippen LogP contribution is -2.58. The Morgan fingerprint density at radius 2 is 1.52 bits per heavy atom. The highest BCUT2D eigenvalue weighted by Crippen LogP contribution is 2.61. The molecule has 25 heavy (non-hydrogen) atoms. The molecule has 0 fully saturated rings. The van der Waals surface area contributed by atoms with Gasteiger partial charge in [0.1, 0.15) is 0 Å². The minimum atomic E-state index is -5.76. The lowest BCUT2D eigenvalue weighted by Gasteiger charge is -2.40. The summed E-state index contributed by atoms with van der Waals surface area (Å²) in [6.07, 6.45) is -1.29. The summed E-state index contributed by atoms with van der Waals surface area (Å²) in [5, 5.41) is 0. The van der Waals surface area contributed by atoms with Crippen molar-refractivity contribution >= 4 is 39.2 Å². The van der Waals surface area contributed by atoms with E-state index in [4.69, 9.17) is 33.2 Å². The molecule has 0 bridgehead atoms. The van der Waals surface area contributed by atoms with E-state index in [1.807, 2.05) is 0 Å². The molecule has 1 aliphatic carbocycles. The van der Waals surface area contributed by atoms with Crippen molar-refractivity contribution in [3.05, 3.63) is 35.4 Å². The summed E-state index contributed by atoms with van der Waals surface area (Å²) in [7, 11) is 0. The first kappa shape index (κ1) is 22.9. The summed E-state index contributed by atoms with van der Waals surface area (Å²) in [6, 6.07) is 1.69. The molecule has 0 N–H and O–H groups in total. The number of rotatable bonds is 3. The van der Waals surface area contributed by atoms with Crippen LogP contribution in [0, 0.1) is 0 Å². The van der Waals surface area contributed by atoms with Crippen molar-refractivity contribution in [2.24, 2.45) is 0 Å². The van der Waals surface area contributed by atoms with Crippen LogP contribution in [-0.4, -0.2) is 17.8 Å². The molecule has 1 unspecified atom stereocenters. The zero-order chi connectivity index (χ0) is 19.7. The van der Waals surface area contributed by atoms with E-state index < -0.39 is 41.1 Å². The van der Waals surface area contributed by atoms with E-state index in [9.17, 15) is 30.7 Å². The van der Waals surface area contributed by atoms with Gasteiger partial charge in [0.15, 0.2) is 6.17 Å². The standard InChI is InChI=1S/C10H5F7.C4H9Cl3Si/c11-7-5-3-1-2-4-6(5)8(12,13)10(16,17)9(7,14)15;1-2-3-4-8(5,6)7/h1-4,7H;2-4H2,1H3. The van der Waals surface area contributed by atoms with Gasteiger partial charge in [-0.1, -0.05) is 44.0 Å². The van der Waals surface area contributed by atoms with Crippen molar-refractivity contribution in [2.45, 2.75) is 49.7 Å². The maximum absolute atomic E-state index is 13.2. The maximum Gasteiger partial charge on any atom is 0.379 e. The Morgan fingerprint density at radius 1 is 1.00 bits per heavy atom. The number of fused-ring (bicyclic) bond motifs is 1. The number of hydrogen-bond donors (Lipinski definition) is 0. The van der Waals surface area contributed by atoms with Crippen LogP contribution in [0.4, 0.5) is 30.7 Å². The molecule has 0 saturated carbocycles. The summed E-state index contributed by atoms with van der Waals surface area (Å²) in [5.74, 6) is -16.3. The lowest BCUT2D eigenvalue weighted by atomic mass is 9.82. The molecule has 0 aliphatic heterocycles. The highest BCUT2D eigenvalue weighted by Gasteiger charge is 2.78. The third-order valence-electron chi connectivity index (χ3n) is 3.52. The van der Waals surface area contributed by atoms with Crippen molar-refractivity contribution in [2.75, 3.05) is 0 Å². The monoisotopic (exact) mass is 448 g/mol. The highest BCUT2D eigenvalue weighted by molar-refractivity contribution is 7.64. The minimum absolute atomic E-state index is 0.519. The zero-order valence-corrected chi connectivity index (χ0v) is 16.1. The molecular formula is C14H14Cl3F7Si. The van der Waals surface area contributed by atoms with Crippen LogP contribution in [0.25, 0.3) is 0 Å². The van der Waals surface area contributed by atoms with Crippen molar-refractivity contribution in [1.29, 1.82) is 0 Å². The number of unbranched alkanes of at least 4 members (excludes halogenated alkanes) is 1. The van der Waals surface area contributed by atoms with E-state index in [1.54, 1.807) is 0 Å². The van der Waals surface area contributed by atoms with Crippen LogP contribution >= 0.6 is 33.2 Å². The van der Waals surface area contributed by atoms with Gasteiger partial charge in [-0.25, -0.2) is 4.39 Å². The van der Waals surface area contributed by atoms with E-state index in [0.717, 1.165) is 31.0 Å². The second-order valence-electron chi connectivity index (χ2n) is 5.44. The predicted octanol–water partition coefficient (Wildman–Crippen LogP) is 7.52. The molecule has 2 rings (SSSR count). The highest BCUT2D eigenvalue weighted by atomic mass is 35.8. The average molecular weight is 450 g/mol. The van der Waals surface area contributed by atoms with Gasteiger partial charge in [0.2, 0.25) is 0 Å². The van der Waals surface area contributed by atoms with Crippen LogP contribution in [-0.2, 0) is 5.92 Å². The molecule has 0 aromatic heterocycles. The Kier molecular flexibility index (Phi) is 7.15. The van der Waals surface area contributed by atoms with Gasteiger partial charge in [-0.15, -0.1) is 33.2 Å². The van der Waals surface area contributed by atoms with Gasteiger partial charge in [-0.05, 0) is 6.04 Å². The first-order chi connectivity index (χ1) is 11.2. The van der Waals surface area contributed by atoms with Crippen LogP contribution in [0.2, 0.25) is 6.04 Å². The first-order valence-corrected chi connectivity index (χ1v) is 12.4. The number of alkyl halides is 7. The fourth-order valence-corrected chi connectivity index (χ4v) is 4.07. The van der Waals surface area contributed by atoms with Crippen LogP contribution in [0.15, 0.2) is 24.3 Å². The fourth-order valence-electron chi connectivity index (χ4n) is 2.11. The van der Waals surface area contributed by atoms with Gasteiger partial charge in [-0.3, -0.25) is 0 Å². The molecule has 1 atom stereocenters. The number of benzene rings is 1. The molecule has 0 amide bonds. The van der Waals surface area contributed by atoms with Gasteiger partial charge in [-0.2, -0.15) is 26.3 Å². The molecule has 0 spiro atoms. The summed E-state index contributed by atoms with van der Waals surface area (Å²) in [6.45, 7) is 2.09. The Hall–Kier alpha value is -0.183. The SMILES string of the molecule is CCCC[Si](Cl)(Cl)Cl.FC1c2ccccc2C(F)(F)C(F)(F)C1(F)F. The molecule has 11 heteroatoms. The normalized spacial score (nSPS) is 23.2. The van der Waals surface area contributed by atoms with Crippen LogP contribution in [0.5, 0.6) is 0 Å². The molecule has 1 aromatic rings. The zero-order valence-electron chi connectivity index (χ0n) is 12.8. The van der Waals surface area contributed by atoms with Crippen molar-refractivity contribution in [3.8, 4) is 0 Å². The third-order valence-corrected chi connectivity index (χ3v) is 6.14. The smallest absolute Gasteiger partial charge is 0.235 e. The first-order valence-electron chi connectivity index (χ1n) is 7.13. The van der Waals surface area contributed by atoms with E-state index in [0.29, 0.717) is 12.1 Å². The predicted molar refractivity (Wildman–Crippen MR) is 87.1 cm³/mol.